The summed E-state index contributed by atoms with van der Waals surface area (Å²) in [5, 5.41) is 14.4. The standard InChI is InChI=1S/C15H25N3O2/c1-12(9-10-19)17-15(20)16-11-13(2)18(3)14-7-5-4-6-8-14/h4-8,12-13,19H,9-11H2,1-3H3,(H2,16,17,20)/t12-,13?/m1/s1. The summed E-state index contributed by atoms with van der Waals surface area (Å²) in [6.45, 7) is 4.57. The number of hydrogen-bond acceptors (Lipinski definition) is 3. The number of benzene rings is 1. The first-order chi connectivity index (χ1) is 9.54. The van der Waals surface area contributed by atoms with Crippen LogP contribution in [0.4, 0.5) is 10.5 Å². The number of aliphatic hydroxyl groups is 1. The topological polar surface area (TPSA) is 64.6 Å². The molecular formula is C15H25N3O2. The van der Waals surface area contributed by atoms with E-state index >= 15 is 0 Å². The number of aliphatic hydroxyl groups excluding tert-OH is 1. The van der Waals surface area contributed by atoms with Gasteiger partial charge < -0.3 is 20.6 Å². The molecule has 0 aromatic heterocycles. The van der Waals surface area contributed by atoms with Crippen LogP contribution in [0.1, 0.15) is 20.3 Å². The molecule has 1 unspecified atom stereocenters. The summed E-state index contributed by atoms with van der Waals surface area (Å²) in [5.74, 6) is 0. The van der Waals surface area contributed by atoms with Crippen molar-refractivity contribution in [3.8, 4) is 0 Å². The van der Waals surface area contributed by atoms with Gasteiger partial charge in [0.2, 0.25) is 0 Å². The molecule has 0 aliphatic heterocycles. The van der Waals surface area contributed by atoms with Crippen molar-refractivity contribution in [2.24, 2.45) is 0 Å². The minimum atomic E-state index is -0.195. The molecule has 1 aromatic rings. The van der Waals surface area contributed by atoms with Crippen molar-refractivity contribution < 1.29 is 9.90 Å². The summed E-state index contributed by atoms with van der Waals surface area (Å²) in [4.78, 5) is 13.8. The Balaban J connectivity index is 2.35. The van der Waals surface area contributed by atoms with E-state index in [1.54, 1.807) is 0 Å². The molecule has 0 aliphatic carbocycles. The lowest BCUT2D eigenvalue weighted by Crippen LogP contribution is -2.46. The quantitative estimate of drug-likeness (QED) is 0.710. The van der Waals surface area contributed by atoms with Gasteiger partial charge in [-0.05, 0) is 32.4 Å². The molecule has 20 heavy (non-hydrogen) atoms. The Bertz CT molecular complexity index is 397. The number of nitrogens with zero attached hydrogens (tertiary/aromatic N) is 1. The van der Waals surface area contributed by atoms with Crippen molar-refractivity contribution in [3.63, 3.8) is 0 Å². The van der Waals surface area contributed by atoms with Gasteiger partial charge in [0.15, 0.2) is 0 Å². The highest BCUT2D eigenvalue weighted by Crippen LogP contribution is 2.13. The molecule has 0 saturated heterocycles. The van der Waals surface area contributed by atoms with Gasteiger partial charge in [-0.15, -0.1) is 0 Å². The maximum atomic E-state index is 11.7. The molecule has 0 spiro atoms. The third-order valence-corrected chi connectivity index (χ3v) is 3.32. The zero-order chi connectivity index (χ0) is 15.0. The molecule has 0 radical (unpaired) electrons. The normalized spacial score (nSPS) is 13.4. The SMILES string of the molecule is CC(CNC(=O)N[C@H](C)CCO)N(C)c1ccccc1. The Morgan fingerprint density at radius 1 is 1.30 bits per heavy atom. The van der Waals surface area contributed by atoms with Crippen molar-refractivity contribution in [2.45, 2.75) is 32.4 Å². The number of likely N-dealkylation sites (N-methyl/N-ethyl adjacent to an activating group) is 1. The first-order valence-electron chi connectivity index (χ1n) is 6.97. The molecule has 5 nitrogen and oxygen atoms in total. The largest absolute Gasteiger partial charge is 0.396 e. The fraction of sp³-hybridized carbons (Fsp3) is 0.533. The molecule has 0 heterocycles. The Kier molecular flexibility index (Phi) is 6.87. The summed E-state index contributed by atoms with van der Waals surface area (Å²) < 4.78 is 0. The Hall–Kier alpha value is -1.75. The van der Waals surface area contributed by atoms with Gasteiger partial charge >= 0.3 is 6.03 Å². The molecule has 0 bridgehead atoms. The number of hydrogen-bond donors (Lipinski definition) is 3. The molecule has 5 heteroatoms. The van der Waals surface area contributed by atoms with E-state index in [4.69, 9.17) is 5.11 Å². The lowest BCUT2D eigenvalue weighted by Gasteiger charge is -2.27. The number of anilines is 1. The van der Waals surface area contributed by atoms with Crippen LogP contribution < -0.4 is 15.5 Å². The third kappa shape index (κ3) is 5.48. The minimum absolute atomic E-state index is 0.0258. The number of rotatable bonds is 7. The summed E-state index contributed by atoms with van der Waals surface area (Å²) in [6, 6.07) is 10.0. The highest BCUT2D eigenvalue weighted by molar-refractivity contribution is 5.74. The third-order valence-electron chi connectivity index (χ3n) is 3.32. The van der Waals surface area contributed by atoms with Crippen molar-refractivity contribution in [1.29, 1.82) is 0 Å². The van der Waals surface area contributed by atoms with E-state index < -0.39 is 0 Å². The minimum Gasteiger partial charge on any atom is -0.396 e. The maximum absolute atomic E-state index is 11.7. The van der Waals surface area contributed by atoms with E-state index in [9.17, 15) is 4.79 Å². The van der Waals surface area contributed by atoms with Crippen LogP contribution in [0.2, 0.25) is 0 Å². The molecular weight excluding hydrogens is 254 g/mol. The van der Waals surface area contributed by atoms with E-state index in [0.29, 0.717) is 13.0 Å². The molecule has 2 amide bonds. The molecule has 0 fully saturated rings. The van der Waals surface area contributed by atoms with Gasteiger partial charge in [0.05, 0.1) is 0 Å². The van der Waals surface area contributed by atoms with Crippen LogP contribution in [0.15, 0.2) is 30.3 Å². The van der Waals surface area contributed by atoms with E-state index in [2.05, 4.69) is 22.5 Å². The predicted octanol–water partition coefficient (Wildman–Crippen LogP) is 1.58. The lowest BCUT2D eigenvalue weighted by atomic mass is 10.2. The molecule has 2 atom stereocenters. The molecule has 1 rings (SSSR count). The highest BCUT2D eigenvalue weighted by Gasteiger charge is 2.12. The number of carbonyl (C=O) groups excluding carboxylic acids is 1. The molecule has 3 N–H and O–H groups in total. The second-order valence-corrected chi connectivity index (χ2v) is 5.06. The number of para-hydroxylation sites is 1. The predicted molar refractivity (Wildman–Crippen MR) is 82.0 cm³/mol. The van der Waals surface area contributed by atoms with Crippen molar-refractivity contribution in [3.05, 3.63) is 30.3 Å². The van der Waals surface area contributed by atoms with Gasteiger partial charge in [0.25, 0.3) is 0 Å². The van der Waals surface area contributed by atoms with Gasteiger partial charge in [-0.2, -0.15) is 0 Å². The Morgan fingerprint density at radius 2 is 1.95 bits per heavy atom. The Morgan fingerprint density at radius 3 is 2.55 bits per heavy atom. The average Bonchev–Trinajstić information content (AvgIpc) is 2.45. The van der Waals surface area contributed by atoms with Crippen molar-refractivity contribution in [2.75, 3.05) is 25.1 Å². The van der Waals surface area contributed by atoms with Gasteiger partial charge in [0.1, 0.15) is 0 Å². The van der Waals surface area contributed by atoms with Crippen LogP contribution in [0.3, 0.4) is 0 Å². The maximum Gasteiger partial charge on any atom is 0.315 e. The summed E-state index contributed by atoms with van der Waals surface area (Å²) in [6.07, 6.45) is 0.562. The molecule has 112 valence electrons. The lowest BCUT2D eigenvalue weighted by molar-refractivity contribution is 0.230. The molecule has 0 saturated carbocycles. The van der Waals surface area contributed by atoms with Crippen LogP contribution in [-0.2, 0) is 0 Å². The Labute approximate surface area is 121 Å². The fourth-order valence-corrected chi connectivity index (χ4v) is 1.84. The van der Waals surface area contributed by atoms with Gasteiger partial charge in [-0.25, -0.2) is 4.79 Å². The second kappa shape index (κ2) is 8.43. The number of carbonyl (C=O) groups is 1. The fourth-order valence-electron chi connectivity index (χ4n) is 1.84. The van der Waals surface area contributed by atoms with Crippen LogP contribution in [-0.4, -0.2) is 43.4 Å². The van der Waals surface area contributed by atoms with E-state index in [0.717, 1.165) is 5.69 Å². The van der Waals surface area contributed by atoms with Crippen LogP contribution in [0.5, 0.6) is 0 Å². The van der Waals surface area contributed by atoms with Crippen LogP contribution in [0.25, 0.3) is 0 Å². The number of nitrogens with one attached hydrogen (secondary N) is 2. The first-order valence-corrected chi connectivity index (χ1v) is 6.97. The van der Waals surface area contributed by atoms with E-state index in [-0.39, 0.29) is 24.7 Å². The average molecular weight is 279 g/mol. The van der Waals surface area contributed by atoms with Gasteiger partial charge in [-0.3, -0.25) is 0 Å². The number of amides is 2. The molecule has 1 aromatic carbocycles. The smallest absolute Gasteiger partial charge is 0.315 e. The summed E-state index contributed by atoms with van der Waals surface area (Å²) >= 11 is 0. The highest BCUT2D eigenvalue weighted by atomic mass is 16.3. The second-order valence-electron chi connectivity index (χ2n) is 5.06. The number of urea groups is 1. The zero-order valence-electron chi connectivity index (χ0n) is 12.5. The summed E-state index contributed by atoms with van der Waals surface area (Å²) in [7, 11) is 2.01. The van der Waals surface area contributed by atoms with Crippen LogP contribution >= 0.6 is 0 Å². The van der Waals surface area contributed by atoms with Gasteiger partial charge in [-0.1, -0.05) is 18.2 Å². The van der Waals surface area contributed by atoms with Crippen molar-refractivity contribution >= 4 is 11.7 Å². The van der Waals surface area contributed by atoms with E-state index in [1.165, 1.54) is 0 Å². The monoisotopic (exact) mass is 279 g/mol. The van der Waals surface area contributed by atoms with E-state index in [1.807, 2.05) is 44.3 Å². The first kappa shape index (κ1) is 16.3. The summed E-state index contributed by atoms with van der Waals surface area (Å²) in [5.41, 5.74) is 1.12. The zero-order valence-corrected chi connectivity index (χ0v) is 12.5. The molecule has 0 aliphatic rings. The van der Waals surface area contributed by atoms with Crippen molar-refractivity contribution in [1.82, 2.24) is 10.6 Å². The van der Waals surface area contributed by atoms with Crippen LogP contribution in [0, 0.1) is 0 Å². The van der Waals surface area contributed by atoms with Gasteiger partial charge in [0, 0.05) is 38.0 Å².